The van der Waals surface area contributed by atoms with Gasteiger partial charge in [0.05, 0.1) is 6.61 Å². The van der Waals surface area contributed by atoms with Gasteiger partial charge in [-0.3, -0.25) is 19.3 Å². The molecule has 37 heavy (non-hydrogen) atoms. The first kappa shape index (κ1) is 25.0. The smallest absolute Gasteiger partial charge is 0.256 e. The summed E-state index contributed by atoms with van der Waals surface area (Å²) in [6, 6.07) is 9.80. The first-order chi connectivity index (χ1) is 17.8. The Kier molecular flexibility index (Phi) is 6.76. The SMILES string of the molecule is CC(C)C(=O)N1CCC2(CC1)OCC(C(=O)NCc1ccc3c(c1)OCO3)N2C(=O)c1ccc(F)cc1. The molecule has 2 fully saturated rings. The normalized spacial score (nSPS) is 19.9. The van der Waals surface area contributed by atoms with Crippen LogP contribution in [0.15, 0.2) is 42.5 Å². The average Bonchev–Trinajstić information content (AvgIpc) is 3.52. The molecule has 3 aliphatic heterocycles. The van der Waals surface area contributed by atoms with Gasteiger partial charge in [0.1, 0.15) is 17.6 Å². The number of piperidine rings is 1. The summed E-state index contributed by atoms with van der Waals surface area (Å²) in [5.41, 5.74) is 0.0589. The number of fused-ring (bicyclic) bond motifs is 1. The Bertz CT molecular complexity index is 1190. The van der Waals surface area contributed by atoms with Crippen molar-refractivity contribution in [2.45, 2.75) is 45.0 Å². The predicted molar refractivity (Wildman–Crippen MR) is 130 cm³/mol. The minimum atomic E-state index is -1.03. The lowest BCUT2D eigenvalue weighted by Crippen LogP contribution is -2.60. The van der Waals surface area contributed by atoms with Crippen LogP contribution in [0.1, 0.15) is 42.6 Å². The summed E-state index contributed by atoms with van der Waals surface area (Å²) in [5.74, 6) is -0.0460. The van der Waals surface area contributed by atoms with Crippen molar-refractivity contribution in [1.29, 1.82) is 0 Å². The molecule has 2 aromatic rings. The average molecular weight is 512 g/mol. The molecule has 0 radical (unpaired) electrons. The molecule has 1 N–H and O–H groups in total. The summed E-state index contributed by atoms with van der Waals surface area (Å²) in [4.78, 5) is 42.9. The van der Waals surface area contributed by atoms with Gasteiger partial charge < -0.3 is 24.4 Å². The molecule has 2 saturated heterocycles. The predicted octanol–water partition coefficient (Wildman–Crippen LogP) is 2.69. The minimum Gasteiger partial charge on any atom is -0.454 e. The Morgan fingerprint density at radius 2 is 1.76 bits per heavy atom. The number of carbonyl (C=O) groups excluding carboxylic acids is 3. The lowest BCUT2D eigenvalue weighted by molar-refractivity contribution is -0.146. The number of hydrogen-bond acceptors (Lipinski definition) is 6. The maximum Gasteiger partial charge on any atom is 0.256 e. The Hall–Kier alpha value is -3.66. The number of benzene rings is 2. The van der Waals surface area contributed by atoms with Gasteiger partial charge in [0.15, 0.2) is 11.5 Å². The van der Waals surface area contributed by atoms with Gasteiger partial charge in [0, 0.05) is 44.0 Å². The van der Waals surface area contributed by atoms with Crippen LogP contribution in [0.5, 0.6) is 11.5 Å². The molecule has 196 valence electrons. The van der Waals surface area contributed by atoms with E-state index in [0.29, 0.717) is 37.4 Å². The fourth-order valence-corrected chi connectivity index (χ4v) is 5.10. The van der Waals surface area contributed by atoms with Crippen LogP contribution in [-0.4, -0.2) is 65.8 Å². The Morgan fingerprint density at radius 1 is 1.05 bits per heavy atom. The molecule has 1 spiro atoms. The van der Waals surface area contributed by atoms with E-state index in [9.17, 15) is 18.8 Å². The summed E-state index contributed by atoms with van der Waals surface area (Å²) in [6.45, 7) is 4.94. The molecule has 1 unspecified atom stereocenters. The standard InChI is InChI=1S/C27H30FN3O6/c1-17(2)25(33)30-11-9-27(10-12-30)31(26(34)19-4-6-20(28)7-5-19)21(15-37-27)24(32)29-14-18-3-8-22-23(13-18)36-16-35-22/h3-8,13,17,21H,9-12,14-16H2,1-2H3,(H,29,32). The fourth-order valence-electron chi connectivity index (χ4n) is 5.10. The van der Waals surface area contributed by atoms with Gasteiger partial charge >= 0.3 is 0 Å². The lowest BCUT2D eigenvalue weighted by atomic mass is 9.95. The third kappa shape index (κ3) is 4.85. The van der Waals surface area contributed by atoms with Crippen molar-refractivity contribution in [2.24, 2.45) is 5.92 Å². The summed E-state index contributed by atoms with van der Waals surface area (Å²) in [5, 5.41) is 2.91. The van der Waals surface area contributed by atoms with Gasteiger partial charge in [-0.1, -0.05) is 19.9 Å². The molecule has 3 aliphatic rings. The maximum atomic E-state index is 13.7. The van der Waals surface area contributed by atoms with Crippen molar-refractivity contribution in [3.05, 3.63) is 59.4 Å². The molecule has 9 nitrogen and oxygen atoms in total. The molecule has 3 heterocycles. The Balaban J connectivity index is 1.35. The zero-order valence-electron chi connectivity index (χ0n) is 20.9. The van der Waals surface area contributed by atoms with Crippen LogP contribution in [0.2, 0.25) is 0 Å². The van der Waals surface area contributed by atoms with Gasteiger partial charge in [-0.25, -0.2) is 4.39 Å². The summed E-state index contributed by atoms with van der Waals surface area (Å²) >= 11 is 0. The third-order valence-corrected chi connectivity index (χ3v) is 7.13. The van der Waals surface area contributed by atoms with Crippen molar-refractivity contribution in [2.75, 3.05) is 26.5 Å². The van der Waals surface area contributed by atoms with Gasteiger partial charge in [0.2, 0.25) is 18.6 Å². The van der Waals surface area contributed by atoms with Crippen molar-refractivity contribution in [3.63, 3.8) is 0 Å². The van der Waals surface area contributed by atoms with Crippen LogP contribution in [0.3, 0.4) is 0 Å². The largest absolute Gasteiger partial charge is 0.454 e. The zero-order chi connectivity index (χ0) is 26.2. The van der Waals surface area contributed by atoms with E-state index in [4.69, 9.17) is 14.2 Å². The number of likely N-dealkylation sites (tertiary alicyclic amines) is 1. The molecule has 0 saturated carbocycles. The third-order valence-electron chi connectivity index (χ3n) is 7.13. The molecular formula is C27H30FN3O6. The summed E-state index contributed by atoms with van der Waals surface area (Å²) in [6.07, 6.45) is 0.759. The molecule has 0 bridgehead atoms. The van der Waals surface area contributed by atoms with Gasteiger partial charge in [-0.05, 0) is 42.0 Å². The van der Waals surface area contributed by atoms with E-state index >= 15 is 0 Å². The van der Waals surface area contributed by atoms with Crippen LogP contribution in [-0.2, 0) is 20.9 Å². The second-order valence-electron chi connectivity index (χ2n) is 9.84. The number of carbonyl (C=O) groups is 3. The Labute approximate surface area is 214 Å². The molecule has 0 aliphatic carbocycles. The highest BCUT2D eigenvalue weighted by Gasteiger charge is 2.54. The molecule has 10 heteroatoms. The van der Waals surface area contributed by atoms with Crippen molar-refractivity contribution >= 4 is 17.7 Å². The van der Waals surface area contributed by atoms with E-state index in [1.54, 1.807) is 17.0 Å². The number of amides is 3. The number of ether oxygens (including phenoxy) is 3. The molecule has 0 aromatic heterocycles. The first-order valence-electron chi connectivity index (χ1n) is 12.5. The van der Waals surface area contributed by atoms with E-state index in [2.05, 4.69) is 5.32 Å². The first-order valence-corrected chi connectivity index (χ1v) is 12.5. The van der Waals surface area contributed by atoms with Crippen LogP contribution < -0.4 is 14.8 Å². The zero-order valence-corrected chi connectivity index (χ0v) is 20.9. The number of hydrogen-bond donors (Lipinski definition) is 1. The quantitative estimate of drug-likeness (QED) is 0.663. The molecule has 5 rings (SSSR count). The minimum absolute atomic E-state index is 0.0258. The fraction of sp³-hybridized carbons (Fsp3) is 0.444. The van der Waals surface area contributed by atoms with Crippen LogP contribution >= 0.6 is 0 Å². The van der Waals surface area contributed by atoms with Gasteiger partial charge in [-0.2, -0.15) is 0 Å². The summed E-state index contributed by atoms with van der Waals surface area (Å²) in [7, 11) is 0. The number of nitrogens with one attached hydrogen (secondary N) is 1. The van der Waals surface area contributed by atoms with Crippen molar-refractivity contribution in [3.8, 4) is 11.5 Å². The van der Waals surface area contributed by atoms with Gasteiger partial charge in [-0.15, -0.1) is 0 Å². The highest BCUT2D eigenvalue weighted by Crippen LogP contribution is 2.39. The lowest BCUT2D eigenvalue weighted by Gasteiger charge is -2.44. The van der Waals surface area contributed by atoms with Crippen molar-refractivity contribution < 1.29 is 33.0 Å². The summed E-state index contributed by atoms with van der Waals surface area (Å²) < 4.78 is 30.5. The molecule has 1 atom stereocenters. The maximum absolute atomic E-state index is 13.7. The van der Waals surface area contributed by atoms with E-state index in [1.807, 2.05) is 19.9 Å². The molecular weight excluding hydrogens is 481 g/mol. The van der Waals surface area contributed by atoms with E-state index < -0.39 is 23.5 Å². The second kappa shape index (κ2) is 10.0. The van der Waals surface area contributed by atoms with E-state index in [1.165, 1.54) is 29.2 Å². The van der Waals surface area contributed by atoms with Crippen LogP contribution in [0.25, 0.3) is 0 Å². The highest BCUT2D eigenvalue weighted by atomic mass is 19.1. The van der Waals surface area contributed by atoms with Crippen molar-refractivity contribution in [1.82, 2.24) is 15.1 Å². The number of rotatable bonds is 5. The second-order valence-corrected chi connectivity index (χ2v) is 9.84. The monoisotopic (exact) mass is 511 g/mol. The number of halogens is 1. The molecule has 2 aromatic carbocycles. The van der Waals surface area contributed by atoms with Crippen LogP contribution in [0.4, 0.5) is 4.39 Å². The van der Waals surface area contributed by atoms with E-state index in [0.717, 1.165) is 5.56 Å². The van der Waals surface area contributed by atoms with Crippen LogP contribution in [0, 0.1) is 11.7 Å². The Morgan fingerprint density at radius 3 is 2.46 bits per heavy atom. The highest BCUT2D eigenvalue weighted by molar-refractivity contribution is 5.98. The molecule has 3 amide bonds. The van der Waals surface area contributed by atoms with E-state index in [-0.39, 0.29) is 43.2 Å². The van der Waals surface area contributed by atoms with Gasteiger partial charge in [0.25, 0.3) is 5.91 Å². The topological polar surface area (TPSA) is 97.4 Å². The number of nitrogens with zero attached hydrogens (tertiary/aromatic N) is 2.